The van der Waals surface area contributed by atoms with Gasteiger partial charge < -0.3 is 9.84 Å². The largest absolute Gasteiger partial charge is 0.506 e. The summed E-state index contributed by atoms with van der Waals surface area (Å²) in [4.78, 5) is 0. The summed E-state index contributed by atoms with van der Waals surface area (Å²) >= 11 is 11.6. The Hall–Kier alpha value is -1.64. The van der Waals surface area contributed by atoms with Crippen LogP contribution >= 0.6 is 23.2 Å². The number of phenolic OH excluding ortho intramolecular Hbond substituents is 1. The Labute approximate surface area is 128 Å². The molecule has 0 spiro atoms. The molecule has 0 atom stereocenters. The van der Waals surface area contributed by atoms with E-state index in [1.165, 1.54) is 6.07 Å². The lowest BCUT2D eigenvalue weighted by molar-refractivity contribution is 0.324. The van der Waals surface area contributed by atoms with Gasteiger partial charge in [0.2, 0.25) is 0 Å². The summed E-state index contributed by atoms with van der Waals surface area (Å²) in [6, 6.07) is 12.4. The van der Waals surface area contributed by atoms with Gasteiger partial charge in [0.05, 0.1) is 11.6 Å². The lowest BCUT2D eigenvalue weighted by Crippen LogP contribution is -1.95. The van der Waals surface area contributed by atoms with E-state index in [0.29, 0.717) is 17.4 Å². The third-order valence-electron chi connectivity index (χ3n) is 2.65. The van der Waals surface area contributed by atoms with Gasteiger partial charge in [-0.25, -0.2) is 0 Å². The maximum absolute atomic E-state index is 9.29. The van der Waals surface area contributed by atoms with Crippen molar-refractivity contribution >= 4 is 29.3 Å². The predicted octanol–water partition coefficient (Wildman–Crippen LogP) is 5.18. The first-order valence-corrected chi connectivity index (χ1v) is 6.94. The molecule has 0 saturated carbocycles. The van der Waals surface area contributed by atoms with E-state index < -0.39 is 0 Å². The highest BCUT2D eigenvalue weighted by Crippen LogP contribution is 2.27. The van der Waals surface area contributed by atoms with Crippen molar-refractivity contribution < 1.29 is 9.84 Å². The normalized spacial score (nSPS) is 10.9. The third kappa shape index (κ3) is 4.48. The standard InChI is InChI=1S/C16H14Cl2O2/c17-13-6-4-12(5-7-13)3-1-2-10-20-14-8-9-16(19)15(18)11-14/h1,3-9,11,19H,2,10H2. The second-order valence-electron chi connectivity index (χ2n) is 4.20. The Morgan fingerprint density at radius 1 is 1.05 bits per heavy atom. The summed E-state index contributed by atoms with van der Waals surface area (Å²) in [5, 5.41) is 10.3. The monoisotopic (exact) mass is 308 g/mol. The van der Waals surface area contributed by atoms with Gasteiger partial charge in [-0.2, -0.15) is 0 Å². The van der Waals surface area contributed by atoms with Crippen molar-refractivity contribution in [1.82, 2.24) is 0 Å². The minimum atomic E-state index is 0.0571. The van der Waals surface area contributed by atoms with Crippen LogP contribution in [-0.2, 0) is 0 Å². The zero-order valence-corrected chi connectivity index (χ0v) is 12.2. The number of rotatable bonds is 5. The Balaban J connectivity index is 1.78. The van der Waals surface area contributed by atoms with E-state index >= 15 is 0 Å². The molecule has 0 amide bonds. The number of hydrogen-bond donors (Lipinski definition) is 1. The van der Waals surface area contributed by atoms with Crippen molar-refractivity contribution in [3.63, 3.8) is 0 Å². The van der Waals surface area contributed by atoms with Gasteiger partial charge in [-0.1, -0.05) is 47.5 Å². The molecule has 4 heteroatoms. The smallest absolute Gasteiger partial charge is 0.134 e. The van der Waals surface area contributed by atoms with Crippen LogP contribution in [0.2, 0.25) is 10.0 Å². The van der Waals surface area contributed by atoms with Crippen LogP contribution in [0.15, 0.2) is 48.5 Å². The Bertz CT molecular complexity index is 592. The first kappa shape index (κ1) is 14.8. The zero-order chi connectivity index (χ0) is 14.4. The Morgan fingerprint density at radius 2 is 1.80 bits per heavy atom. The van der Waals surface area contributed by atoms with E-state index in [0.717, 1.165) is 17.0 Å². The van der Waals surface area contributed by atoms with Crippen molar-refractivity contribution in [1.29, 1.82) is 0 Å². The fourth-order valence-corrected chi connectivity index (χ4v) is 1.91. The molecule has 0 aliphatic carbocycles. The van der Waals surface area contributed by atoms with Gasteiger partial charge in [-0.3, -0.25) is 0 Å². The van der Waals surface area contributed by atoms with Gasteiger partial charge in [0, 0.05) is 11.1 Å². The molecule has 0 unspecified atom stereocenters. The number of phenols is 1. The fraction of sp³-hybridized carbons (Fsp3) is 0.125. The second-order valence-corrected chi connectivity index (χ2v) is 5.05. The van der Waals surface area contributed by atoms with E-state index in [1.807, 2.05) is 36.4 Å². The molecule has 2 aromatic rings. The van der Waals surface area contributed by atoms with Crippen LogP contribution in [0, 0.1) is 0 Å². The summed E-state index contributed by atoms with van der Waals surface area (Å²) < 4.78 is 5.53. The highest BCUT2D eigenvalue weighted by Gasteiger charge is 1.99. The fourth-order valence-electron chi connectivity index (χ4n) is 1.62. The molecule has 2 nitrogen and oxygen atoms in total. The molecule has 0 aromatic heterocycles. The third-order valence-corrected chi connectivity index (χ3v) is 3.21. The van der Waals surface area contributed by atoms with Crippen LogP contribution in [0.1, 0.15) is 12.0 Å². The van der Waals surface area contributed by atoms with Crippen LogP contribution in [0.3, 0.4) is 0 Å². The molecular weight excluding hydrogens is 295 g/mol. The van der Waals surface area contributed by atoms with Gasteiger partial charge in [0.1, 0.15) is 11.5 Å². The molecule has 0 saturated heterocycles. The molecule has 0 bridgehead atoms. The predicted molar refractivity (Wildman–Crippen MR) is 83.7 cm³/mol. The maximum Gasteiger partial charge on any atom is 0.134 e. The topological polar surface area (TPSA) is 29.5 Å². The zero-order valence-electron chi connectivity index (χ0n) is 10.7. The number of hydrogen-bond acceptors (Lipinski definition) is 2. The quantitative estimate of drug-likeness (QED) is 0.771. The highest BCUT2D eigenvalue weighted by molar-refractivity contribution is 6.32. The van der Waals surface area contributed by atoms with Crippen LogP contribution in [0.4, 0.5) is 0 Å². The lowest BCUT2D eigenvalue weighted by atomic mass is 10.2. The maximum atomic E-state index is 9.29. The lowest BCUT2D eigenvalue weighted by Gasteiger charge is -2.05. The van der Waals surface area contributed by atoms with Gasteiger partial charge in [-0.05, 0) is 36.2 Å². The highest BCUT2D eigenvalue weighted by atomic mass is 35.5. The number of ether oxygens (including phenoxy) is 1. The number of aromatic hydroxyl groups is 1. The summed E-state index contributed by atoms with van der Waals surface area (Å²) in [6.45, 7) is 0.547. The van der Waals surface area contributed by atoms with Gasteiger partial charge >= 0.3 is 0 Å². The molecule has 0 aliphatic rings. The van der Waals surface area contributed by atoms with Gasteiger partial charge in [0.15, 0.2) is 0 Å². The molecular formula is C16H14Cl2O2. The summed E-state index contributed by atoms with van der Waals surface area (Å²) in [5.74, 6) is 0.703. The van der Waals surface area contributed by atoms with E-state index in [1.54, 1.807) is 12.1 Å². The van der Waals surface area contributed by atoms with Gasteiger partial charge in [-0.15, -0.1) is 0 Å². The van der Waals surface area contributed by atoms with Crippen LogP contribution in [0.5, 0.6) is 11.5 Å². The van der Waals surface area contributed by atoms with Gasteiger partial charge in [0.25, 0.3) is 0 Å². The SMILES string of the molecule is Oc1ccc(OCCC=Cc2ccc(Cl)cc2)cc1Cl. The van der Waals surface area contributed by atoms with Crippen molar-refractivity contribution in [2.45, 2.75) is 6.42 Å². The molecule has 0 fully saturated rings. The van der Waals surface area contributed by atoms with Crippen molar-refractivity contribution in [2.75, 3.05) is 6.61 Å². The van der Waals surface area contributed by atoms with Crippen molar-refractivity contribution in [3.05, 3.63) is 64.1 Å². The van der Waals surface area contributed by atoms with E-state index in [4.69, 9.17) is 27.9 Å². The summed E-state index contributed by atoms with van der Waals surface area (Å²) in [7, 11) is 0. The van der Waals surface area contributed by atoms with Crippen molar-refractivity contribution in [3.8, 4) is 11.5 Å². The molecule has 2 aromatic carbocycles. The van der Waals surface area contributed by atoms with Crippen LogP contribution in [0.25, 0.3) is 6.08 Å². The molecule has 0 aliphatic heterocycles. The molecule has 2 rings (SSSR count). The van der Waals surface area contributed by atoms with Crippen molar-refractivity contribution in [2.24, 2.45) is 0 Å². The van der Waals surface area contributed by atoms with Crippen LogP contribution < -0.4 is 4.74 Å². The molecule has 20 heavy (non-hydrogen) atoms. The average Bonchev–Trinajstić information content (AvgIpc) is 2.44. The summed E-state index contributed by atoms with van der Waals surface area (Å²) in [6.07, 6.45) is 4.83. The van der Waals surface area contributed by atoms with E-state index in [2.05, 4.69) is 0 Å². The average molecular weight is 309 g/mol. The first-order valence-electron chi connectivity index (χ1n) is 6.18. The minimum Gasteiger partial charge on any atom is -0.506 e. The second kappa shape index (κ2) is 7.22. The van der Waals surface area contributed by atoms with Crippen LogP contribution in [-0.4, -0.2) is 11.7 Å². The molecule has 0 heterocycles. The number of benzene rings is 2. The molecule has 1 N–H and O–H groups in total. The molecule has 104 valence electrons. The van der Waals surface area contributed by atoms with E-state index in [9.17, 15) is 5.11 Å². The van der Waals surface area contributed by atoms with E-state index in [-0.39, 0.29) is 5.75 Å². The summed E-state index contributed by atoms with van der Waals surface area (Å²) in [5.41, 5.74) is 1.10. The first-order chi connectivity index (χ1) is 9.65. The Kier molecular flexibility index (Phi) is 5.33. The Morgan fingerprint density at radius 3 is 2.50 bits per heavy atom. The molecule has 0 radical (unpaired) electrons. The minimum absolute atomic E-state index is 0.0571. The number of halogens is 2.